The zero-order chi connectivity index (χ0) is 17.1. The quantitative estimate of drug-likeness (QED) is 0.929. The minimum absolute atomic E-state index is 0.0481. The second-order valence-electron chi connectivity index (χ2n) is 5.94. The molecule has 1 aliphatic heterocycles. The first-order valence-corrected chi connectivity index (χ1v) is 7.92. The second kappa shape index (κ2) is 7.00. The van der Waals surface area contributed by atoms with Crippen LogP contribution in [0.15, 0.2) is 24.5 Å². The molecule has 1 fully saturated rings. The third-order valence-electron chi connectivity index (χ3n) is 4.23. The zero-order valence-corrected chi connectivity index (χ0v) is 13.4. The number of halogens is 1. The maximum absolute atomic E-state index is 13.0. The minimum atomic E-state index is -0.466. The van der Waals surface area contributed by atoms with Crippen molar-refractivity contribution in [2.75, 3.05) is 13.1 Å². The highest BCUT2D eigenvalue weighted by Gasteiger charge is 2.28. The Morgan fingerprint density at radius 2 is 2.21 bits per heavy atom. The lowest BCUT2D eigenvalue weighted by atomic mass is 9.92. The fourth-order valence-electron chi connectivity index (χ4n) is 3.04. The van der Waals surface area contributed by atoms with Crippen LogP contribution in [0.25, 0.3) is 0 Å². The zero-order valence-electron chi connectivity index (χ0n) is 13.4. The largest absolute Gasteiger partial charge is 0.392 e. The number of carbonyl (C=O) groups is 1. The Bertz CT molecular complexity index is 736. The van der Waals surface area contributed by atoms with Gasteiger partial charge in [0.2, 0.25) is 0 Å². The number of amides is 1. The fourth-order valence-corrected chi connectivity index (χ4v) is 3.04. The molecule has 0 aliphatic carbocycles. The molecule has 1 aliphatic rings. The number of piperidine rings is 1. The standard InChI is InChI=1S/C17H19FN4O2/c1-11-19-7-13(10-23)16(21-11)12-3-2-6-22(9-12)17(24)15-5-4-14(18)8-20-15/h4-5,7-8,12,23H,2-3,6,9-10H2,1H3. The van der Waals surface area contributed by atoms with Gasteiger partial charge in [0, 0.05) is 30.8 Å². The van der Waals surface area contributed by atoms with Crippen LogP contribution in [-0.4, -0.2) is 44.0 Å². The van der Waals surface area contributed by atoms with Gasteiger partial charge in [-0.05, 0) is 31.9 Å². The first-order valence-electron chi connectivity index (χ1n) is 7.92. The lowest BCUT2D eigenvalue weighted by molar-refractivity contribution is 0.0699. The SMILES string of the molecule is Cc1ncc(CO)c(C2CCCN(C(=O)c3ccc(F)cn3)C2)n1. The summed E-state index contributed by atoms with van der Waals surface area (Å²) in [4.78, 5) is 26.7. The van der Waals surface area contributed by atoms with Gasteiger partial charge in [0.15, 0.2) is 0 Å². The Balaban J connectivity index is 1.80. The van der Waals surface area contributed by atoms with Crippen LogP contribution in [0.2, 0.25) is 0 Å². The number of pyridine rings is 1. The van der Waals surface area contributed by atoms with Crippen molar-refractivity contribution in [2.24, 2.45) is 0 Å². The van der Waals surface area contributed by atoms with Gasteiger partial charge in [-0.3, -0.25) is 4.79 Å². The predicted octanol–water partition coefficient (Wildman–Crippen LogP) is 1.83. The number of aliphatic hydroxyl groups is 1. The lowest BCUT2D eigenvalue weighted by Crippen LogP contribution is -2.40. The Hall–Kier alpha value is -2.41. The smallest absolute Gasteiger partial charge is 0.272 e. The molecule has 0 saturated carbocycles. The molecule has 0 spiro atoms. The van der Waals surface area contributed by atoms with Crippen LogP contribution >= 0.6 is 0 Å². The lowest BCUT2D eigenvalue weighted by Gasteiger charge is -2.33. The van der Waals surface area contributed by atoms with Gasteiger partial charge in [-0.1, -0.05) is 0 Å². The summed E-state index contributed by atoms with van der Waals surface area (Å²) in [5.74, 6) is 0.0148. The molecular formula is C17H19FN4O2. The number of carbonyl (C=O) groups excluding carboxylic acids is 1. The molecule has 0 bridgehead atoms. The Kier molecular flexibility index (Phi) is 4.80. The van der Waals surface area contributed by atoms with E-state index in [1.165, 1.54) is 12.1 Å². The van der Waals surface area contributed by atoms with Crippen molar-refractivity contribution >= 4 is 5.91 Å². The Morgan fingerprint density at radius 3 is 2.92 bits per heavy atom. The van der Waals surface area contributed by atoms with Crippen molar-refractivity contribution in [3.63, 3.8) is 0 Å². The Morgan fingerprint density at radius 1 is 1.38 bits per heavy atom. The molecule has 3 heterocycles. The van der Waals surface area contributed by atoms with E-state index in [2.05, 4.69) is 15.0 Å². The fraction of sp³-hybridized carbons (Fsp3) is 0.412. The number of hydrogen-bond acceptors (Lipinski definition) is 5. The van der Waals surface area contributed by atoms with Gasteiger partial charge in [-0.25, -0.2) is 19.3 Å². The summed E-state index contributed by atoms with van der Waals surface area (Å²) in [5, 5.41) is 9.51. The predicted molar refractivity (Wildman–Crippen MR) is 84.8 cm³/mol. The summed E-state index contributed by atoms with van der Waals surface area (Å²) in [7, 11) is 0. The van der Waals surface area contributed by atoms with Gasteiger partial charge in [-0.2, -0.15) is 0 Å². The molecular weight excluding hydrogens is 311 g/mol. The number of likely N-dealkylation sites (tertiary alicyclic amines) is 1. The van der Waals surface area contributed by atoms with E-state index < -0.39 is 5.82 Å². The molecule has 7 heteroatoms. The molecule has 2 aromatic heterocycles. The van der Waals surface area contributed by atoms with Gasteiger partial charge >= 0.3 is 0 Å². The first-order chi connectivity index (χ1) is 11.6. The van der Waals surface area contributed by atoms with Crippen LogP contribution in [0.1, 0.15) is 46.3 Å². The molecule has 3 rings (SSSR count). The van der Waals surface area contributed by atoms with Crippen LogP contribution < -0.4 is 0 Å². The van der Waals surface area contributed by atoms with Gasteiger partial charge in [0.25, 0.3) is 5.91 Å². The van der Waals surface area contributed by atoms with Crippen molar-refractivity contribution < 1.29 is 14.3 Å². The maximum atomic E-state index is 13.0. The summed E-state index contributed by atoms with van der Waals surface area (Å²) < 4.78 is 13.0. The van der Waals surface area contributed by atoms with Gasteiger partial charge in [0.1, 0.15) is 17.3 Å². The second-order valence-corrected chi connectivity index (χ2v) is 5.94. The van der Waals surface area contributed by atoms with Crippen molar-refractivity contribution in [3.05, 3.63) is 53.1 Å². The highest BCUT2D eigenvalue weighted by molar-refractivity contribution is 5.92. The number of aliphatic hydroxyl groups excluding tert-OH is 1. The third-order valence-corrected chi connectivity index (χ3v) is 4.23. The van der Waals surface area contributed by atoms with E-state index in [9.17, 15) is 14.3 Å². The van der Waals surface area contributed by atoms with Crippen LogP contribution in [0, 0.1) is 12.7 Å². The average Bonchev–Trinajstić information content (AvgIpc) is 2.62. The summed E-state index contributed by atoms with van der Waals surface area (Å²) in [5.41, 5.74) is 1.73. The number of hydrogen-bond donors (Lipinski definition) is 1. The molecule has 1 amide bonds. The van der Waals surface area contributed by atoms with Crippen molar-refractivity contribution in [2.45, 2.75) is 32.3 Å². The van der Waals surface area contributed by atoms with Crippen molar-refractivity contribution in [1.82, 2.24) is 19.9 Å². The summed E-state index contributed by atoms with van der Waals surface area (Å²) in [6.45, 7) is 2.81. The van der Waals surface area contributed by atoms with E-state index in [-0.39, 0.29) is 24.1 Å². The van der Waals surface area contributed by atoms with E-state index in [1.807, 2.05) is 0 Å². The molecule has 126 valence electrons. The third kappa shape index (κ3) is 3.41. The van der Waals surface area contributed by atoms with Crippen molar-refractivity contribution in [1.29, 1.82) is 0 Å². The number of aryl methyl sites for hydroxylation is 1. The molecule has 0 radical (unpaired) electrons. The number of aromatic nitrogens is 3. The minimum Gasteiger partial charge on any atom is -0.392 e. The van der Waals surface area contributed by atoms with Crippen LogP contribution in [0.3, 0.4) is 0 Å². The van der Waals surface area contributed by atoms with Gasteiger partial charge in [0.05, 0.1) is 18.5 Å². The van der Waals surface area contributed by atoms with Crippen molar-refractivity contribution in [3.8, 4) is 0 Å². The molecule has 1 atom stereocenters. The van der Waals surface area contributed by atoms with Crippen LogP contribution in [-0.2, 0) is 6.61 Å². The molecule has 0 aromatic carbocycles. The highest BCUT2D eigenvalue weighted by atomic mass is 19.1. The van der Waals surface area contributed by atoms with E-state index in [4.69, 9.17) is 0 Å². The first kappa shape index (κ1) is 16.4. The number of rotatable bonds is 3. The summed E-state index contributed by atoms with van der Waals surface area (Å²) in [6.07, 6.45) is 4.42. The van der Waals surface area contributed by atoms with Gasteiger partial charge < -0.3 is 10.0 Å². The normalized spacial score (nSPS) is 17.8. The Labute approximate surface area is 139 Å². The monoisotopic (exact) mass is 330 g/mol. The van der Waals surface area contributed by atoms with Crippen LogP contribution in [0.5, 0.6) is 0 Å². The summed E-state index contributed by atoms with van der Waals surface area (Å²) >= 11 is 0. The molecule has 2 aromatic rings. The van der Waals surface area contributed by atoms with Gasteiger partial charge in [-0.15, -0.1) is 0 Å². The van der Waals surface area contributed by atoms with E-state index >= 15 is 0 Å². The van der Waals surface area contributed by atoms with E-state index in [0.29, 0.717) is 24.5 Å². The van der Waals surface area contributed by atoms with E-state index in [1.54, 1.807) is 18.0 Å². The molecule has 1 saturated heterocycles. The average molecular weight is 330 g/mol. The summed E-state index contributed by atoms with van der Waals surface area (Å²) in [6, 6.07) is 2.63. The van der Waals surface area contributed by atoms with E-state index in [0.717, 1.165) is 24.7 Å². The van der Waals surface area contributed by atoms with Crippen LogP contribution in [0.4, 0.5) is 4.39 Å². The molecule has 24 heavy (non-hydrogen) atoms. The maximum Gasteiger partial charge on any atom is 0.272 e. The molecule has 1 N–H and O–H groups in total. The number of nitrogens with zero attached hydrogens (tertiary/aromatic N) is 4. The highest BCUT2D eigenvalue weighted by Crippen LogP contribution is 2.28. The topological polar surface area (TPSA) is 79.2 Å². The molecule has 6 nitrogen and oxygen atoms in total. The molecule has 1 unspecified atom stereocenters.